The molecule has 56 valence electrons. The van der Waals surface area contributed by atoms with E-state index in [2.05, 4.69) is 5.32 Å². The first-order chi connectivity index (χ1) is 4.57. The smallest absolute Gasteiger partial charge is 0.264 e. The largest absolute Gasteiger partial charge is 0.364 e. The molecule has 0 saturated heterocycles. The number of nitrogens with one attached hydrogen (secondary N) is 1. The van der Waals surface area contributed by atoms with E-state index >= 15 is 0 Å². The molecule has 0 fully saturated rings. The van der Waals surface area contributed by atoms with Gasteiger partial charge in [-0.2, -0.15) is 0 Å². The van der Waals surface area contributed by atoms with Crippen LogP contribution in [0.1, 0.15) is 13.8 Å². The Morgan fingerprint density at radius 3 is 2.10 bits per heavy atom. The van der Waals surface area contributed by atoms with Crippen molar-refractivity contribution in [3.63, 3.8) is 0 Å². The fourth-order valence-corrected chi connectivity index (χ4v) is 0.466. The van der Waals surface area contributed by atoms with Crippen LogP contribution >= 0.6 is 0 Å². The van der Waals surface area contributed by atoms with Crippen molar-refractivity contribution in [2.75, 3.05) is 0 Å². The van der Waals surface area contributed by atoms with Crippen LogP contribution < -0.4 is 11.1 Å². The molecule has 0 aliphatic heterocycles. The van der Waals surface area contributed by atoms with Crippen molar-refractivity contribution in [3.05, 3.63) is 11.8 Å². The lowest BCUT2D eigenvalue weighted by molar-refractivity contribution is -0.121. The molecule has 10 heavy (non-hydrogen) atoms. The first-order valence-corrected chi connectivity index (χ1v) is 2.81. The number of rotatable bonds is 2. The van der Waals surface area contributed by atoms with E-state index in [1.54, 1.807) is 6.92 Å². The molecular weight excluding hydrogens is 132 g/mol. The third-order valence-corrected chi connectivity index (χ3v) is 0.865. The molecule has 0 spiro atoms. The van der Waals surface area contributed by atoms with Crippen molar-refractivity contribution in [1.82, 2.24) is 5.32 Å². The maximum absolute atomic E-state index is 10.4. The average Bonchev–Trinajstić information content (AvgIpc) is 1.81. The summed E-state index contributed by atoms with van der Waals surface area (Å²) in [6.45, 7) is 2.93. The van der Waals surface area contributed by atoms with Crippen molar-refractivity contribution in [2.24, 2.45) is 5.73 Å². The van der Waals surface area contributed by atoms with Crippen LogP contribution in [0.15, 0.2) is 11.8 Å². The van der Waals surface area contributed by atoms with E-state index in [0.717, 1.165) is 0 Å². The second-order valence-corrected chi connectivity index (χ2v) is 1.75. The minimum absolute atomic E-state index is 0.132. The van der Waals surface area contributed by atoms with E-state index in [0.29, 0.717) is 0 Å². The molecule has 0 saturated carbocycles. The summed E-state index contributed by atoms with van der Waals surface area (Å²) in [6.07, 6.45) is 1.45. The lowest BCUT2D eigenvalue weighted by Gasteiger charge is -2.00. The predicted octanol–water partition coefficient (Wildman–Crippen LogP) is -0.488. The molecule has 3 N–H and O–H groups in total. The zero-order valence-corrected chi connectivity index (χ0v) is 5.97. The van der Waals surface area contributed by atoms with E-state index in [9.17, 15) is 9.59 Å². The molecule has 0 rings (SSSR count). The molecule has 0 aromatic carbocycles. The van der Waals surface area contributed by atoms with Gasteiger partial charge in [-0.1, -0.05) is 6.08 Å². The number of carbonyl (C=O) groups excluding carboxylic acids is 2. The molecule has 0 radical (unpaired) electrons. The van der Waals surface area contributed by atoms with Crippen molar-refractivity contribution >= 4 is 11.8 Å². The molecule has 0 heterocycles. The molecule has 4 heteroatoms. The summed E-state index contributed by atoms with van der Waals surface area (Å²) in [5.74, 6) is -0.926. The Balaban J connectivity index is 4.12. The SMILES string of the molecule is C/C=C(/NC(C)=O)C(N)=O. The minimum atomic E-state index is -0.627. The number of primary amides is 1. The van der Waals surface area contributed by atoms with Crippen LogP contribution in [-0.4, -0.2) is 11.8 Å². The molecule has 0 unspecified atom stereocenters. The van der Waals surface area contributed by atoms with Crippen molar-refractivity contribution in [2.45, 2.75) is 13.8 Å². The number of nitrogens with two attached hydrogens (primary N) is 1. The summed E-state index contributed by atoms with van der Waals surface area (Å²) < 4.78 is 0. The quantitative estimate of drug-likeness (QED) is 0.511. The van der Waals surface area contributed by atoms with Crippen LogP contribution in [0.5, 0.6) is 0 Å². The van der Waals surface area contributed by atoms with Crippen molar-refractivity contribution in [3.8, 4) is 0 Å². The first kappa shape index (κ1) is 8.68. The molecule has 0 atom stereocenters. The molecule has 0 aliphatic rings. The minimum Gasteiger partial charge on any atom is -0.364 e. The van der Waals surface area contributed by atoms with Crippen molar-refractivity contribution in [1.29, 1.82) is 0 Å². The van der Waals surface area contributed by atoms with Gasteiger partial charge in [-0.15, -0.1) is 0 Å². The van der Waals surface area contributed by atoms with Gasteiger partial charge < -0.3 is 11.1 Å². The molecule has 2 amide bonds. The predicted molar refractivity (Wildman–Crippen MR) is 36.8 cm³/mol. The summed E-state index contributed by atoms with van der Waals surface area (Å²) in [5, 5.41) is 2.28. The summed E-state index contributed by atoms with van der Waals surface area (Å²) in [4.78, 5) is 20.8. The molecular formula is C6H10N2O2. The Hall–Kier alpha value is -1.32. The number of hydrogen-bond acceptors (Lipinski definition) is 2. The first-order valence-electron chi connectivity index (χ1n) is 2.81. The van der Waals surface area contributed by atoms with E-state index in [1.165, 1.54) is 13.0 Å². The standard InChI is InChI=1S/C6H10N2O2/c1-3-5(6(7)10)8-4(2)9/h3H,1-2H3,(H2,7,10)(H,8,9)/b5-3+. The highest BCUT2D eigenvalue weighted by molar-refractivity contribution is 5.95. The third-order valence-electron chi connectivity index (χ3n) is 0.865. The Morgan fingerprint density at radius 2 is 2.00 bits per heavy atom. The maximum atomic E-state index is 10.4. The van der Waals surface area contributed by atoms with Gasteiger partial charge in [0.05, 0.1) is 0 Å². The lowest BCUT2D eigenvalue weighted by Crippen LogP contribution is -2.29. The lowest BCUT2D eigenvalue weighted by atomic mass is 10.4. The zero-order chi connectivity index (χ0) is 8.15. The molecule has 0 aliphatic carbocycles. The molecule has 0 bridgehead atoms. The monoisotopic (exact) mass is 142 g/mol. The molecule has 4 nitrogen and oxygen atoms in total. The van der Waals surface area contributed by atoms with Crippen LogP contribution in [0.25, 0.3) is 0 Å². The van der Waals surface area contributed by atoms with Crippen LogP contribution in [0.4, 0.5) is 0 Å². The highest BCUT2D eigenvalue weighted by Gasteiger charge is 2.02. The van der Waals surface area contributed by atoms with Gasteiger partial charge in [-0.25, -0.2) is 0 Å². The Morgan fingerprint density at radius 1 is 1.50 bits per heavy atom. The average molecular weight is 142 g/mol. The van der Waals surface area contributed by atoms with Gasteiger partial charge in [0.25, 0.3) is 5.91 Å². The highest BCUT2D eigenvalue weighted by atomic mass is 16.2. The topological polar surface area (TPSA) is 72.2 Å². The molecule has 0 aromatic heterocycles. The van der Waals surface area contributed by atoms with E-state index in [-0.39, 0.29) is 11.6 Å². The Bertz CT molecular complexity index is 184. The fourth-order valence-electron chi connectivity index (χ4n) is 0.466. The Labute approximate surface area is 59.1 Å². The number of carbonyl (C=O) groups is 2. The van der Waals surface area contributed by atoms with Crippen molar-refractivity contribution < 1.29 is 9.59 Å². The third kappa shape index (κ3) is 2.86. The van der Waals surface area contributed by atoms with Gasteiger partial charge in [0.2, 0.25) is 5.91 Å². The number of allylic oxidation sites excluding steroid dienone is 1. The van der Waals surface area contributed by atoms with Gasteiger partial charge in [0, 0.05) is 6.92 Å². The van der Waals surface area contributed by atoms with E-state index in [1.807, 2.05) is 0 Å². The van der Waals surface area contributed by atoms with Gasteiger partial charge in [0.15, 0.2) is 0 Å². The van der Waals surface area contributed by atoms with Crippen LogP contribution in [-0.2, 0) is 9.59 Å². The van der Waals surface area contributed by atoms with Gasteiger partial charge in [-0.3, -0.25) is 9.59 Å². The Kier molecular flexibility index (Phi) is 3.17. The number of amides is 2. The molecule has 0 aromatic rings. The van der Waals surface area contributed by atoms with Crippen LogP contribution in [0.3, 0.4) is 0 Å². The second kappa shape index (κ2) is 3.66. The normalized spacial score (nSPS) is 10.8. The second-order valence-electron chi connectivity index (χ2n) is 1.75. The van der Waals surface area contributed by atoms with Crippen LogP contribution in [0.2, 0.25) is 0 Å². The zero-order valence-electron chi connectivity index (χ0n) is 5.97. The van der Waals surface area contributed by atoms with E-state index in [4.69, 9.17) is 5.73 Å². The highest BCUT2D eigenvalue weighted by Crippen LogP contribution is 1.84. The summed E-state index contributed by atoms with van der Waals surface area (Å²) in [5.41, 5.74) is 5.01. The van der Waals surface area contributed by atoms with Gasteiger partial charge in [-0.05, 0) is 6.92 Å². The summed E-state index contributed by atoms with van der Waals surface area (Å²) >= 11 is 0. The maximum Gasteiger partial charge on any atom is 0.264 e. The summed E-state index contributed by atoms with van der Waals surface area (Å²) in [7, 11) is 0. The van der Waals surface area contributed by atoms with Gasteiger partial charge >= 0.3 is 0 Å². The number of hydrogen-bond donors (Lipinski definition) is 2. The van der Waals surface area contributed by atoms with Gasteiger partial charge in [0.1, 0.15) is 5.70 Å². The summed E-state index contributed by atoms with van der Waals surface area (Å²) in [6, 6.07) is 0. The fraction of sp³-hybridized carbons (Fsp3) is 0.333. The van der Waals surface area contributed by atoms with E-state index < -0.39 is 5.91 Å². The van der Waals surface area contributed by atoms with Crippen LogP contribution in [0, 0.1) is 0 Å².